The molecule has 1 aromatic rings. The van der Waals surface area contributed by atoms with Crippen LogP contribution in [0.1, 0.15) is 45.6 Å². The quantitative estimate of drug-likeness (QED) is 0.769. The van der Waals surface area contributed by atoms with Gasteiger partial charge in [0.25, 0.3) is 0 Å². The van der Waals surface area contributed by atoms with Crippen molar-refractivity contribution in [1.29, 1.82) is 0 Å². The molecule has 0 aliphatic rings. The molecule has 1 rings (SSSR count). The Morgan fingerprint density at radius 2 is 2.05 bits per heavy atom. The van der Waals surface area contributed by atoms with E-state index in [1.54, 1.807) is 6.07 Å². The highest BCUT2D eigenvalue weighted by Gasteiger charge is 2.22. The van der Waals surface area contributed by atoms with Crippen LogP contribution in [0, 0.1) is 5.92 Å². The molecule has 122 valence electrons. The first-order valence-corrected chi connectivity index (χ1v) is 7.72. The molecular formula is C17H25NO4. The second kappa shape index (κ2) is 9.07. The van der Waals surface area contributed by atoms with Crippen molar-refractivity contribution in [2.45, 2.75) is 52.5 Å². The fourth-order valence-corrected chi connectivity index (χ4v) is 2.12. The summed E-state index contributed by atoms with van der Waals surface area (Å²) in [5.41, 5.74) is 1.10. The zero-order valence-electron chi connectivity index (χ0n) is 13.5. The maximum absolute atomic E-state index is 11.8. The van der Waals surface area contributed by atoms with E-state index in [9.17, 15) is 9.59 Å². The number of carboxylic acids is 1. The number of aryl methyl sites for hydroxylation is 1. The van der Waals surface area contributed by atoms with E-state index in [1.807, 2.05) is 32.0 Å². The summed E-state index contributed by atoms with van der Waals surface area (Å²) in [6, 6.07) is 6.38. The van der Waals surface area contributed by atoms with Gasteiger partial charge in [0.1, 0.15) is 11.8 Å². The van der Waals surface area contributed by atoms with Crippen molar-refractivity contribution in [3.05, 3.63) is 29.8 Å². The number of hydrogen-bond donors (Lipinski definition) is 2. The number of hydrogen-bond acceptors (Lipinski definition) is 3. The summed E-state index contributed by atoms with van der Waals surface area (Å²) in [4.78, 5) is 23.0. The number of nitrogens with one attached hydrogen (secondary N) is 1. The van der Waals surface area contributed by atoms with E-state index in [4.69, 9.17) is 9.84 Å². The fraction of sp³-hybridized carbons (Fsp3) is 0.529. The first kappa shape index (κ1) is 18.0. The van der Waals surface area contributed by atoms with Gasteiger partial charge >= 0.3 is 12.1 Å². The van der Waals surface area contributed by atoms with E-state index in [2.05, 4.69) is 12.2 Å². The molecule has 5 nitrogen and oxygen atoms in total. The predicted octanol–water partition coefficient (Wildman–Crippen LogP) is 3.62. The van der Waals surface area contributed by atoms with Crippen LogP contribution in [-0.2, 0) is 11.2 Å². The lowest BCUT2D eigenvalue weighted by atomic mass is 10.0. The van der Waals surface area contributed by atoms with Gasteiger partial charge in [-0.2, -0.15) is 0 Å². The van der Waals surface area contributed by atoms with E-state index in [1.165, 1.54) is 0 Å². The summed E-state index contributed by atoms with van der Waals surface area (Å²) in [6.07, 6.45) is 2.73. The minimum absolute atomic E-state index is 0.166. The monoisotopic (exact) mass is 307 g/mol. The van der Waals surface area contributed by atoms with Gasteiger partial charge in [0.05, 0.1) is 0 Å². The highest BCUT2D eigenvalue weighted by Crippen LogP contribution is 2.15. The third kappa shape index (κ3) is 6.61. The summed E-state index contributed by atoms with van der Waals surface area (Å²) in [5.74, 6) is -0.457. The number of carbonyl (C=O) groups excluding carboxylic acids is 1. The molecule has 0 spiro atoms. The van der Waals surface area contributed by atoms with E-state index in [-0.39, 0.29) is 5.92 Å². The van der Waals surface area contributed by atoms with E-state index >= 15 is 0 Å². The predicted molar refractivity (Wildman–Crippen MR) is 85.1 cm³/mol. The summed E-state index contributed by atoms with van der Waals surface area (Å²) < 4.78 is 5.18. The number of ether oxygens (including phenoxy) is 1. The number of aliphatic carboxylic acids is 1. The van der Waals surface area contributed by atoms with E-state index in [0.29, 0.717) is 12.2 Å². The van der Waals surface area contributed by atoms with Crippen molar-refractivity contribution in [3.8, 4) is 5.75 Å². The van der Waals surface area contributed by atoms with Gasteiger partial charge in [-0.1, -0.05) is 39.3 Å². The average molecular weight is 307 g/mol. The van der Waals surface area contributed by atoms with Gasteiger partial charge in [0.2, 0.25) is 0 Å². The van der Waals surface area contributed by atoms with Crippen LogP contribution >= 0.6 is 0 Å². The molecule has 0 saturated carbocycles. The van der Waals surface area contributed by atoms with Gasteiger partial charge in [-0.3, -0.25) is 0 Å². The van der Waals surface area contributed by atoms with Crippen LogP contribution in [0.2, 0.25) is 0 Å². The van der Waals surface area contributed by atoms with Crippen LogP contribution in [0.4, 0.5) is 4.79 Å². The molecule has 0 aliphatic heterocycles. The fourth-order valence-electron chi connectivity index (χ4n) is 2.12. The van der Waals surface area contributed by atoms with Gasteiger partial charge in [-0.15, -0.1) is 0 Å². The Morgan fingerprint density at radius 1 is 1.32 bits per heavy atom. The molecule has 1 amide bonds. The molecular weight excluding hydrogens is 282 g/mol. The van der Waals surface area contributed by atoms with Crippen molar-refractivity contribution in [2.75, 3.05) is 0 Å². The van der Waals surface area contributed by atoms with E-state index < -0.39 is 18.1 Å². The number of rotatable bonds is 8. The third-order valence-corrected chi connectivity index (χ3v) is 3.23. The molecule has 5 heteroatoms. The smallest absolute Gasteiger partial charge is 0.413 e. The number of unbranched alkanes of at least 4 members (excludes halogenated alkanes) is 1. The van der Waals surface area contributed by atoms with Crippen LogP contribution in [0.15, 0.2) is 24.3 Å². The molecule has 1 atom stereocenters. The normalized spacial score (nSPS) is 12.0. The lowest BCUT2D eigenvalue weighted by Crippen LogP contribution is -2.43. The number of carbonyl (C=O) groups is 2. The van der Waals surface area contributed by atoms with Gasteiger partial charge in [0, 0.05) is 0 Å². The standard InChI is InChI=1S/C17H25NO4/c1-4-5-7-13-8-6-9-14(11-13)22-17(21)18-15(16(19)20)10-12(2)3/h6,8-9,11-12,15H,4-5,7,10H2,1-3H3,(H,18,21)(H,19,20). The third-order valence-electron chi connectivity index (χ3n) is 3.23. The van der Waals surface area contributed by atoms with Gasteiger partial charge in [0.15, 0.2) is 0 Å². The Morgan fingerprint density at radius 3 is 2.64 bits per heavy atom. The SMILES string of the molecule is CCCCc1cccc(OC(=O)NC(CC(C)C)C(=O)O)c1. The zero-order chi connectivity index (χ0) is 16.5. The number of amides is 1. The lowest BCUT2D eigenvalue weighted by molar-refractivity contribution is -0.139. The highest BCUT2D eigenvalue weighted by atomic mass is 16.6. The Hall–Kier alpha value is -2.04. The first-order valence-electron chi connectivity index (χ1n) is 7.72. The number of benzene rings is 1. The molecule has 0 heterocycles. The Labute approximate surface area is 131 Å². The minimum atomic E-state index is -1.05. The zero-order valence-corrected chi connectivity index (χ0v) is 13.5. The maximum atomic E-state index is 11.8. The summed E-state index contributed by atoms with van der Waals surface area (Å²) in [6.45, 7) is 5.93. The van der Waals surface area contributed by atoms with Crippen molar-refractivity contribution < 1.29 is 19.4 Å². The molecule has 0 aliphatic carbocycles. The molecule has 22 heavy (non-hydrogen) atoms. The van der Waals surface area contributed by atoms with Gasteiger partial charge < -0.3 is 15.2 Å². The summed E-state index contributed by atoms with van der Waals surface area (Å²) >= 11 is 0. The highest BCUT2D eigenvalue weighted by molar-refractivity contribution is 5.80. The molecule has 1 aromatic carbocycles. The second-order valence-electron chi connectivity index (χ2n) is 5.81. The van der Waals surface area contributed by atoms with Crippen LogP contribution in [0.25, 0.3) is 0 Å². The maximum Gasteiger partial charge on any atom is 0.413 e. The second-order valence-corrected chi connectivity index (χ2v) is 5.81. The molecule has 2 N–H and O–H groups in total. The molecule has 0 aromatic heterocycles. The largest absolute Gasteiger partial charge is 0.480 e. The minimum Gasteiger partial charge on any atom is -0.480 e. The molecule has 0 saturated heterocycles. The molecule has 1 unspecified atom stereocenters. The Balaban J connectivity index is 2.61. The van der Waals surface area contributed by atoms with Crippen molar-refractivity contribution in [1.82, 2.24) is 5.32 Å². The Bertz CT molecular complexity index is 499. The molecule has 0 bridgehead atoms. The lowest BCUT2D eigenvalue weighted by Gasteiger charge is -2.16. The van der Waals surface area contributed by atoms with Gasteiger partial charge in [-0.25, -0.2) is 9.59 Å². The van der Waals surface area contributed by atoms with Crippen molar-refractivity contribution >= 4 is 12.1 Å². The first-order chi connectivity index (χ1) is 10.4. The molecule has 0 fully saturated rings. The summed E-state index contributed by atoms with van der Waals surface area (Å²) in [5, 5.41) is 11.5. The van der Waals surface area contributed by atoms with Gasteiger partial charge in [-0.05, 0) is 42.9 Å². The topological polar surface area (TPSA) is 75.6 Å². The average Bonchev–Trinajstić information content (AvgIpc) is 2.44. The van der Waals surface area contributed by atoms with E-state index in [0.717, 1.165) is 24.8 Å². The van der Waals surface area contributed by atoms with Crippen LogP contribution in [-0.4, -0.2) is 23.2 Å². The number of carboxylic acid groups (broad SMARTS) is 1. The summed E-state index contributed by atoms with van der Waals surface area (Å²) in [7, 11) is 0. The van der Waals surface area contributed by atoms with Crippen LogP contribution in [0.5, 0.6) is 5.75 Å². The van der Waals surface area contributed by atoms with Crippen molar-refractivity contribution in [2.24, 2.45) is 5.92 Å². The van der Waals surface area contributed by atoms with Crippen LogP contribution < -0.4 is 10.1 Å². The van der Waals surface area contributed by atoms with Crippen LogP contribution in [0.3, 0.4) is 0 Å². The molecule has 0 radical (unpaired) electrons. The Kier molecular flexibility index (Phi) is 7.43. The van der Waals surface area contributed by atoms with Crippen molar-refractivity contribution in [3.63, 3.8) is 0 Å².